The molecule has 0 saturated heterocycles. The molecule has 0 bridgehead atoms. The van der Waals surface area contributed by atoms with Gasteiger partial charge in [0.1, 0.15) is 0 Å². The van der Waals surface area contributed by atoms with Crippen LogP contribution in [0.3, 0.4) is 0 Å². The van der Waals surface area contributed by atoms with Gasteiger partial charge in [-0.3, -0.25) is 4.79 Å². The predicted octanol–water partition coefficient (Wildman–Crippen LogP) is 3.86. The van der Waals surface area contributed by atoms with Gasteiger partial charge in [0, 0.05) is 12.5 Å². The molecule has 0 radical (unpaired) electrons. The molecule has 1 saturated carbocycles. The molecule has 22 heavy (non-hydrogen) atoms. The number of ether oxygens (including phenoxy) is 2. The first kappa shape index (κ1) is 18.8. The second-order valence-corrected chi connectivity index (χ2v) is 7.56. The lowest BCUT2D eigenvalue weighted by Crippen LogP contribution is -2.38. The molecule has 1 aliphatic carbocycles. The second kappa shape index (κ2) is 8.39. The van der Waals surface area contributed by atoms with Gasteiger partial charge in [0.2, 0.25) is 0 Å². The zero-order chi connectivity index (χ0) is 16.8. The van der Waals surface area contributed by atoms with E-state index in [4.69, 9.17) is 9.47 Å². The van der Waals surface area contributed by atoms with E-state index in [0.717, 1.165) is 12.8 Å². The maximum Gasteiger partial charge on any atom is 0.410 e. The van der Waals surface area contributed by atoms with Gasteiger partial charge in [-0.15, -0.1) is 0 Å². The molecular weight excluding hydrogens is 282 g/mol. The highest BCUT2D eigenvalue weighted by atomic mass is 16.7. The normalized spacial score (nSPS) is 17.9. The van der Waals surface area contributed by atoms with Gasteiger partial charge >= 0.3 is 12.1 Å². The smallest absolute Gasteiger partial charge is 0.410 e. The van der Waals surface area contributed by atoms with Crippen molar-refractivity contribution >= 4 is 12.1 Å². The number of amides is 1. The van der Waals surface area contributed by atoms with Crippen LogP contribution >= 0.6 is 0 Å². The van der Waals surface area contributed by atoms with Crippen molar-refractivity contribution in [1.82, 2.24) is 5.32 Å². The molecule has 1 unspecified atom stereocenters. The average Bonchev–Trinajstić information content (AvgIpc) is 2.44. The van der Waals surface area contributed by atoms with Crippen molar-refractivity contribution in [3.63, 3.8) is 0 Å². The number of esters is 1. The number of nitrogens with one attached hydrogen (secondary N) is 1. The van der Waals surface area contributed by atoms with Crippen LogP contribution in [0.5, 0.6) is 0 Å². The molecule has 0 aliphatic heterocycles. The van der Waals surface area contributed by atoms with Crippen molar-refractivity contribution in [2.45, 2.75) is 73.0 Å². The highest BCUT2D eigenvalue weighted by molar-refractivity contribution is 5.75. The molecule has 128 valence electrons. The van der Waals surface area contributed by atoms with Crippen molar-refractivity contribution in [3.05, 3.63) is 0 Å². The van der Waals surface area contributed by atoms with Crippen LogP contribution in [0.25, 0.3) is 0 Å². The fourth-order valence-electron chi connectivity index (χ4n) is 2.34. The highest BCUT2D eigenvalue weighted by Crippen LogP contribution is 2.23. The maximum absolute atomic E-state index is 11.9. The van der Waals surface area contributed by atoms with E-state index in [1.807, 2.05) is 13.8 Å². The number of hydrogen-bond donors (Lipinski definition) is 1. The molecule has 1 fully saturated rings. The van der Waals surface area contributed by atoms with E-state index < -0.39 is 17.8 Å². The van der Waals surface area contributed by atoms with E-state index in [2.05, 4.69) is 5.32 Å². The molecule has 0 aromatic heterocycles. The van der Waals surface area contributed by atoms with Crippen molar-refractivity contribution in [2.75, 3.05) is 6.54 Å². The van der Waals surface area contributed by atoms with Crippen molar-refractivity contribution < 1.29 is 19.1 Å². The Hall–Kier alpha value is -1.26. The van der Waals surface area contributed by atoms with Crippen LogP contribution < -0.4 is 5.32 Å². The Bertz CT molecular complexity index is 367. The summed E-state index contributed by atoms with van der Waals surface area (Å²) in [6.07, 6.45) is 4.72. The predicted molar refractivity (Wildman–Crippen MR) is 85.2 cm³/mol. The molecule has 1 rings (SSSR count). The van der Waals surface area contributed by atoms with Gasteiger partial charge in [-0.2, -0.15) is 0 Å². The average molecular weight is 313 g/mol. The van der Waals surface area contributed by atoms with E-state index in [9.17, 15) is 9.59 Å². The van der Waals surface area contributed by atoms with Gasteiger partial charge < -0.3 is 14.8 Å². The number of hydrogen-bond acceptors (Lipinski definition) is 4. The fraction of sp³-hybridized carbons (Fsp3) is 0.882. The summed E-state index contributed by atoms with van der Waals surface area (Å²) in [5, 5.41) is 2.80. The van der Waals surface area contributed by atoms with Gasteiger partial charge in [0.25, 0.3) is 6.29 Å². The van der Waals surface area contributed by atoms with E-state index in [0.29, 0.717) is 12.5 Å². The number of rotatable bonds is 5. The summed E-state index contributed by atoms with van der Waals surface area (Å²) in [5.41, 5.74) is -0.616. The van der Waals surface area contributed by atoms with E-state index >= 15 is 0 Å². The Morgan fingerprint density at radius 1 is 1.09 bits per heavy atom. The van der Waals surface area contributed by atoms with Crippen LogP contribution in [0.2, 0.25) is 0 Å². The number of carbonyl (C=O) groups excluding carboxylic acids is 2. The van der Waals surface area contributed by atoms with Gasteiger partial charge in [-0.25, -0.2) is 4.79 Å². The maximum atomic E-state index is 11.9. The standard InChI is InChI=1S/C17H31NO4/c1-12(2)14(21-15(19)17(3,4)5)22-16(20)18-11-13-9-7-6-8-10-13/h12-14H,6-11H2,1-5H3,(H,18,20). The lowest BCUT2D eigenvalue weighted by atomic mass is 9.89. The summed E-state index contributed by atoms with van der Waals surface area (Å²) in [6.45, 7) is 9.67. The van der Waals surface area contributed by atoms with E-state index in [-0.39, 0.29) is 11.9 Å². The first-order chi connectivity index (χ1) is 10.2. The van der Waals surface area contributed by atoms with Gasteiger partial charge in [-0.05, 0) is 39.5 Å². The molecule has 1 aliphatic rings. The summed E-state index contributed by atoms with van der Waals surface area (Å²) >= 11 is 0. The fourth-order valence-corrected chi connectivity index (χ4v) is 2.34. The van der Waals surface area contributed by atoms with Crippen molar-refractivity contribution in [1.29, 1.82) is 0 Å². The molecule has 5 heteroatoms. The minimum atomic E-state index is -0.849. The van der Waals surface area contributed by atoms with Crippen LogP contribution in [-0.4, -0.2) is 24.9 Å². The first-order valence-corrected chi connectivity index (χ1v) is 8.35. The summed E-state index contributed by atoms with van der Waals surface area (Å²) in [5.74, 6) is 0.0777. The summed E-state index contributed by atoms with van der Waals surface area (Å²) in [4.78, 5) is 23.8. The summed E-state index contributed by atoms with van der Waals surface area (Å²) < 4.78 is 10.6. The van der Waals surface area contributed by atoms with Crippen molar-refractivity contribution in [3.8, 4) is 0 Å². The van der Waals surface area contributed by atoms with Crippen LogP contribution in [0, 0.1) is 17.3 Å². The van der Waals surface area contributed by atoms with E-state index in [1.54, 1.807) is 20.8 Å². The van der Waals surface area contributed by atoms with Crippen molar-refractivity contribution in [2.24, 2.45) is 17.3 Å². The molecule has 5 nitrogen and oxygen atoms in total. The molecular formula is C17H31NO4. The second-order valence-electron chi connectivity index (χ2n) is 7.56. The van der Waals surface area contributed by atoms with Gasteiger partial charge in [0.05, 0.1) is 5.41 Å². The monoisotopic (exact) mass is 313 g/mol. The lowest BCUT2D eigenvalue weighted by molar-refractivity contribution is -0.184. The Morgan fingerprint density at radius 3 is 2.18 bits per heavy atom. The Morgan fingerprint density at radius 2 is 1.68 bits per heavy atom. The molecule has 0 aromatic carbocycles. The third-order valence-electron chi connectivity index (χ3n) is 3.86. The number of alkyl carbamates (subject to hydrolysis) is 1. The minimum absolute atomic E-state index is 0.0910. The molecule has 1 N–H and O–H groups in total. The van der Waals surface area contributed by atoms with Gasteiger partial charge in [-0.1, -0.05) is 33.1 Å². The SMILES string of the molecule is CC(C)C(OC(=O)NCC1CCCCC1)OC(=O)C(C)(C)C. The third kappa shape index (κ3) is 6.67. The minimum Gasteiger partial charge on any atom is -0.424 e. The quantitative estimate of drug-likeness (QED) is 0.618. The van der Waals surface area contributed by atoms with Gasteiger partial charge in [0.15, 0.2) is 0 Å². The number of carbonyl (C=O) groups is 2. The summed E-state index contributed by atoms with van der Waals surface area (Å²) in [6, 6.07) is 0. The molecule has 0 heterocycles. The van der Waals surface area contributed by atoms with Crippen LogP contribution in [0.15, 0.2) is 0 Å². The molecule has 0 spiro atoms. The van der Waals surface area contributed by atoms with E-state index in [1.165, 1.54) is 19.3 Å². The zero-order valence-corrected chi connectivity index (χ0v) is 14.6. The first-order valence-electron chi connectivity index (χ1n) is 8.35. The van der Waals surface area contributed by atoms with Crippen LogP contribution in [0.4, 0.5) is 4.79 Å². The Kier molecular flexibility index (Phi) is 7.17. The van der Waals surface area contributed by atoms with Crippen LogP contribution in [-0.2, 0) is 14.3 Å². The Balaban J connectivity index is 2.41. The third-order valence-corrected chi connectivity index (χ3v) is 3.86. The molecule has 1 atom stereocenters. The highest BCUT2D eigenvalue weighted by Gasteiger charge is 2.30. The topological polar surface area (TPSA) is 64.6 Å². The van der Waals surface area contributed by atoms with Crippen LogP contribution in [0.1, 0.15) is 66.7 Å². The Labute approximate surface area is 134 Å². The summed E-state index contributed by atoms with van der Waals surface area (Å²) in [7, 11) is 0. The lowest BCUT2D eigenvalue weighted by Gasteiger charge is -2.26. The zero-order valence-electron chi connectivity index (χ0n) is 14.6. The molecule has 1 amide bonds. The largest absolute Gasteiger partial charge is 0.424 e. The molecule has 0 aromatic rings.